The monoisotopic (exact) mass is 924 g/mol. The molecule has 2 aliphatic carbocycles. The third-order valence-corrected chi connectivity index (χ3v) is 12.9. The van der Waals surface area contributed by atoms with Crippen LogP contribution in [-0.4, -0.2) is 25.9 Å². The zero-order valence-electron chi connectivity index (χ0n) is 36.9. The number of hydrogen-bond acceptors (Lipinski definition) is 6. The van der Waals surface area contributed by atoms with Gasteiger partial charge in [0.2, 0.25) is 0 Å². The Labute approximate surface area is 434 Å². The maximum atomic E-state index is 12.3. The zero-order valence-corrected chi connectivity index (χ0v) is 42.6. The van der Waals surface area contributed by atoms with E-state index in [1.807, 2.05) is 243 Å². The molecule has 6 nitrogen and oxygen atoms in total. The van der Waals surface area contributed by atoms with Crippen LogP contribution in [0.4, 0.5) is 0 Å². The molecule has 320 valence electrons. The molecule has 0 heterocycles. The molecule has 0 saturated heterocycles. The Balaban J connectivity index is 0.000000240. The molecule has 6 aromatic rings. The van der Waals surface area contributed by atoms with Crippen molar-refractivity contribution in [3.8, 4) is 0 Å². The number of hydrogen-bond donors (Lipinski definition) is 0. The predicted molar refractivity (Wildman–Crippen MR) is 260 cm³/mol. The third kappa shape index (κ3) is 14.5. The van der Waals surface area contributed by atoms with Crippen molar-refractivity contribution in [1.82, 2.24) is 0 Å². The van der Waals surface area contributed by atoms with Gasteiger partial charge >= 0.3 is 59.1 Å². The third-order valence-electron chi connectivity index (χ3n) is 11.0. The topological polar surface area (TPSA) is 114 Å². The van der Waals surface area contributed by atoms with Gasteiger partial charge in [0, 0.05) is 20.6 Å². The van der Waals surface area contributed by atoms with Crippen LogP contribution >= 0.6 is 0 Å². The minimum atomic E-state index is -4.65. The maximum absolute atomic E-state index is 12.3. The van der Waals surface area contributed by atoms with E-state index < -0.39 is 31.1 Å². The molecule has 0 N–H and O–H groups in total. The van der Waals surface area contributed by atoms with Crippen LogP contribution in [0.15, 0.2) is 240 Å². The summed E-state index contributed by atoms with van der Waals surface area (Å²) in [7, 11) is -9.30. The average Bonchev–Trinajstić information content (AvgIpc) is 3.33. The summed E-state index contributed by atoms with van der Waals surface area (Å²) in [6, 6.07) is 57.5. The fraction of sp³-hybridized carbons (Fsp3) is 0.0714. The number of allylic oxidation sites excluding steroid dienone is 12. The molecule has 0 bridgehead atoms. The summed E-state index contributed by atoms with van der Waals surface area (Å²) in [6.45, 7) is 0. The van der Waals surface area contributed by atoms with Crippen molar-refractivity contribution in [3.05, 3.63) is 274 Å². The van der Waals surface area contributed by atoms with Crippen molar-refractivity contribution in [3.63, 3.8) is 0 Å². The fourth-order valence-electron chi connectivity index (χ4n) is 7.55. The Hall–Kier alpha value is -4.94. The minimum Gasteiger partial charge on any atom is -0.744 e. The molecule has 0 radical (unpaired) electrons. The smallest absolute Gasteiger partial charge is 0.744 e. The van der Waals surface area contributed by atoms with Crippen molar-refractivity contribution in [2.24, 2.45) is 10.8 Å². The van der Waals surface area contributed by atoms with E-state index in [0.717, 1.165) is 22.3 Å². The molecule has 0 spiro atoms. The molecule has 8 rings (SSSR count). The second-order valence-corrected chi connectivity index (χ2v) is 18.3. The van der Waals surface area contributed by atoms with E-state index in [0.29, 0.717) is 22.3 Å². The molecule has 66 heavy (non-hydrogen) atoms. The van der Waals surface area contributed by atoms with E-state index >= 15 is 0 Å². The Morgan fingerprint density at radius 3 is 0.818 bits per heavy atom. The molecule has 0 saturated carbocycles. The summed E-state index contributed by atoms with van der Waals surface area (Å²) >= 11 is 0. The van der Waals surface area contributed by atoms with Crippen LogP contribution in [0.25, 0.3) is 35.5 Å². The van der Waals surface area contributed by atoms with Gasteiger partial charge in [0.05, 0.1) is 0 Å². The van der Waals surface area contributed by atoms with Crippen molar-refractivity contribution in [2.45, 2.75) is 12.8 Å². The number of benzene rings is 6. The van der Waals surface area contributed by atoms with Crippen LogP contribution in [0, 0.1) is 10.8 Å². The Bertz CT molecular complexity index is 2690. The summed E-state index contributed by atoms with van der Waals surface area (Å²) in [5.41, 5.74) is 4.82. The van der Waals surface area contributed by atoms with Gasteiger partial charge in [-0.1, -0.05) is 255 Å². The largest absolute Gasteiger partial charge is 1.00 e. The Kier molecular flexibility index (Phi) is 19.1. The van der Waals surface area contributed by atoms with E-state index in [9.17, 15) is 25.9 Å². The van der Waals surface area contributed by atoms with E-state index in [1.165, 1.54) is 0 Å². The first kappa shape index (κ1) is 52.0. The first-order valence-corrected chi connectivity index (χ1v) is 23.6. The van der Waals surface area contributed by atoms with Gasteiger partial charge in [-0.05, 0) is 57.4 Å². The molecule has 0 aliphatic heterocycles. The van der Waals surface area contributed by atoms with Crippen LogP contribution in [-0.2, 0) is 20.2 Å². The van der Waals surface area contributed by atoms with Gasteiger partial charge in [0.15, 0.2) is 0 Å². The van der Waals surface area contributed by atoms with Gasteiger partial charge in [-0.15, -0.1) is 0 Å². The molecule has 0 unspecified atom stereocenters. The molecule has 0 aromatic heterocycles. The van der Waals surface area contributed by atoms with Crippen LogP contribution in [0.1, 0.15) is 46.2 Å². The quantitative estimate of drug-likeness (QED) is 0.101. The van der Waals surface area contributed by atoms with E-state index in [2.05, 4.69) is 0 Å². The average molecular weight is 925 g/mol. The van der Waals surface area contributed by atoms with Crippen molar-refractivity contribution in [2.75, 3.05) is 0 Å². The van der Waals surface area contributed by atoms with Crippen molar-refractivity contribution in [1.29, 1.82) is 0 Å². The van der Waals surface area contributed by atoms with Gasteiger partial charge in [-0.25, -0.2) is 16.8 Å². The van der Waals surface area contributed by atoms with Crippen molar-refractivity contribution < 1.29 is 85.1 Å². The van der Waals surface area contributed by atoms with Crippen molar-refractivity contribution >= 4 is 55.7 Å². The summed E-state index contributed by atoms with van der Waals surface area (Å²) < 4.78 is 73.9. The molecule has 10 heteroatoms. The first-order valence-electron chi connectivity index (χ1n) is 20.8. The summed E-state index contributed by atoms with van der Waals surface area (Å²) in [4.78, 5) is -0.191. The summed E-state index contributed by atoms with van der Waals surface area (Å²) in [5.74, 6) is 0. The predicted octanol–water partition coefficient (Wildman–Crippen LogP) is 6.64. The molecule has 6 aromatic carbocycles. The zero-order chi connectivity index (χ0) is 44.9. The molecule has 0 fully saturated rings. The van der Waals surface area contributed by atoms with Crippen LogP contribution in [0.2, 0.25) is 0 Å². The molecule has 2 aliphatic rings. The van der Waals surface area contributed by atoms with Gasteiger partial charge in [-0.3, -0.25) is 0 Å². The van der Waals surface area contributed by atoms with Gasteiger partial charge in [-0.2, -0.15) is 0 Å². The van der Waals surface area contributed by atoms with Crippen LogP contribution in [0.5, 0.6) is 0 Å². The Morgan fingerprint density at radius 1 is 0.364 bits per heavy atom. The van der Waals surface area contributed by atoms with Crippen LogP contribution in [0.3, 0.4) is 0 Å². The normalized spacial score (nSPS) is 18.6. The van der Waals surface area contributed by atoms with Gasteiger partial charge < -0.3 is 9.11 Å². The Morgan fingerprint density at radius 2 is 0.591 bits per heavy atom. The van der Waals surface area contributed by atoms with E-state index in [4.69, 9.17) is 0 Å². The SMILES string of the molecule is O=S(=O)([O-])C1=C(c2ccccc2)C=CC(C=Cc2ccccc2)(C=Cc2ccccc2)C1.O=S(=O)([O-])C1=C(c2ccccc2)C=CC(C=Cc2ccccc2)(C=Cc2ccccc2)C1.[Na+].[Na+]. The number of rotatable bonds is 12. The maximum Gasteiger partial charge on any atom is 1.00 e. The second kappa shape index (κ2) is 24.2. The molecule has 0 atom stereocenters. The molecular formula is C56H46Na2O6S2. The fourth-order valence-corrected chi connectivity index (χ4v) is 9.32. The van der Waals surface area contributed by atoms with E-state index in [-0.39, 0.29) is 81.8 Å². The summed E-state index contributed by atoms with van der Waals surface area (Å²) in [5, 5.41) is 0. The summed E-state index contributed by atoms with van der Waals surface area (Å²) in [6.07, 6.45) is 23.3. The second-order valence-electron chi connectivity index (χ2n) is 15.5. The van der Waals surface area contributed by atoms with Gasteiger partial charge in [0.25, 0.3) is 0 Å². The standard InChI is InChI=1S/2C28H24O3S.2Na/c2*29-32(30,31)27-22-28(19-16-23-10-4-1-5-11-23,20-17-24-12-6-2-7-13-24)21-18-26(27)25-14-8-3-9-15-25;;/h2*1-21H,22H2,(H,29,30,31);;/q;;2*+1/p-2. The minimum absolute atomic E-state index is 0. The van der Waals surface area contributed by atoms with Gasteiger partial charge in [0.1, 0.15) is 20.2 Å². The van der Waals surface area contributed by atoms with Crippen LogP contribution < -0.4 is 59.1 Å². The van der Waals surface area contributed by atoms with E-state index in [1.54, 1.807) is 12.2 Å². The molecule has 0 amide bonds. The first-order chi connectivity index (χ1) is 30.9. The molecular weight excluding hydrogens is 879 g/mol.